The number of amides is 1. The fourth-order valence-corrected chi connectivity index (χ4v) is 4.38. The molecule has 1 heterocycles. The van der Waals surface area contributed by atoms with Gasteiger partial charge in [-0.25, -0.2) is 0 Å². The minimum absolute atomic E-state index is 0.0449. The summed E-state index contributed by atoms with van der Waals surface area (Å²) in [5.41, 5.74) is 2.73. The first-order valence-electron chi connectivity index (χ1n) is 10.6. The molecule has 4 rings (SSSR count). The molecule has 0 aliphatic carbocycles. The van der Waals surface area contributed by atoms with Crippen molar-refractivity contribution in [3.8, 4) is 23.0 Å². The van der Waals surface area contributed by atoms with Gasteiger partial charge in [-0.2, -0.15) is 0 Å². The van der Waals surface area contributed by atoms with Gasteiger partial charge in [0, 0.05) is 16.6 Å². The Bertz CT molecular complexity index is 1130. The van der Waals surface area contributed by atoms with Gasteiger partial charge < -0.3 is 23.8 Å². The number of ether oxygens (including phenoxy) is 4. The Hall–Kier alpha value is -3.19. The zero-order chi connectivity index (χ0) is 23.4. The first kappa shape index (κ1) is 23.0. The molecule has 0 bridgehead atoms. The summed E-state index contributed by atoms with van der Waals surface area (Å²) in [5.74, 6) is 2.52. The number of hydrogen-bond acceptors (Lipinski definition) is 5. The molecule has 1 atom stereocenters. The van der Waals surface area contributed by atoms with Crippen LogP contribution >= 0.6 is 15.9 Å². The topological polar surface area (TPSA) is 57.2 Å². The monoisotopic (exact) mass is 511 g/mol. The molecular weight excluding hydrogens is 486 g/mol. The van der Waals surface area contributed by atoms with Gasteiger partial charge in [-0.05, 0) is 66.1 Å². The van der Waals surface area contributed by atoms with Gasteiger partial charge in [-0.1, -0.05) is 28.1 Å². The summed E-state index contributed by atoms with van der Waals surface area (Å²) in [6.07, 6.45) is 0.711. The SMILES string of the molecule is COc1cc2c(cc1OC)[C@H](COc1ccccc1OC)N(C(=O)c1ccc(Br)cc1)CC2. The van der Waals surface area contributed by atoms with Crippen LogP contribution in [0, 0.1) is 0 Å². The largest absolute Gasteiger partial charge is 0.493 e. The van der Waals surface area contributed by atoms with Crippen LogP contribution in [0.1, 0.15) is 27.5 Å². The van der Waals surface area contributed by atoms with Crippen LogP contribution in [0.3, 0.4) is 0 Å². The lowest BCUT2D eigenvalue weighted by atomic mass is 9.91. The third kappa shape index (κ3) is 4.78. The Morgan fingerprint density at radius 1 is 0.909 bits per heavy atom. The molecule has 1 aliphatic rings. The number of rotatable bonds is 7. The molecule has 7 heteroatoms. The molecule has 0 saturated heterocycles. The summed E-state index contributed by atoms with van der Waals surface area (Å²) in [4.78, 5) is 15.4. The second kappa shape index (κ2) is 10.2. The molecular formula is C26H26BrNO5. The van der Waals surface area contributed by atoms with Crippen LogP contribution in [0.2, 0.25) is 0 Å². The Morgan fingerprint density at radius 3 is 2.21 bits per heavy atom. The molecule has 3 aromatic rings. The lowest BCUT2D eigenvalue weighted by Gasteiger charge is -2.37. The van der Waals surface area contributed by atoms with Crippen LogP contribution in [-0.2, 0) is 6.42 Å². The maximum absolute atomic E-state index is 13.5. The van der Waals surface area contributed by atoms with Crippen molar-refractivity contribution in [2.45, 2.75) is 12.5 Å². The van der Waals surface area contributed by atoms with E-state index in [4.69, 9.17) is 18.9 Å². The third-order valence-corrected chi connectivity index (χ3v) is 6.35. The van der Waals surface area contributed by atoms with Crippen molar-refractivity contribution in [3.63, 3.8) is 0 Å². The van der Waals surface area contributed by atoms with Crippen molar-refractivity contribution in [2.24, 2.45) is 0 Å². The minimum Gasteiger partial charge on any atom is -0.493 e. The normalized spacial score (nSPS) is 14.9. The fourth-order valence-electron chi connectivity index (χ4n) is 4.12. The van der Waals surface area contributed by atoms with Gasteiger partial charge in [0.05, 0.1) is 27.4 Å². The van der Waals surface area contributed by atoms with E-state index >= 15 is 0 Å². The van der Waals surface area contributed by atoms with E-state index in [0.29, 0.717) is 41.5 Å². The number of methoxy groups -OCH3 is 3. The van der Waals surface area contributed by atoms with Crippen molar-refractivity contribution >= 4 is 21.8 Å². The number of halogens is 1. The standard InChI is InChI=1S/C26H26BrNO5/c1-30-22-6-4-5-7-23(22)33-16-21-20-15-25(32-3)24(31-2)14-18(20)12-13-28(21)26(29)17-8-10-19(27)11-9-17/h4-11,14-15,21H,12-13,16H2,1-3H3/t21-/m0/s1. The Balaban J connectivity index is 1.71. The molecule has 0 aromatic heterocycles. The second-order valence-corrected chi connectivity index (χ2v) is 8.55. The predicted octanol–water partition coefficient (Wildman–Crippen LogP) is 5.29. The molecule has 0 N–H and O–H groups in total. The van der Waals surface area contributed by atoms with Gasteiger partial charge in [-0.15, -0.1) is 0 Å². The first-order chi connectivity index (χ1) is 16.0. The summed E-state index contributed by atoms with van der Waals surface area (Å²) in [5, 5.41) is 0. The van der Waals surface area contributed by atoms with Crippen molar-refractivity contribution in [2.75, 3.05) is 34.5 Å². The molecule has 0 spiro atoms. The Morgan fingerprint density at radius 2 is 1.55 bits per heavy atom. The summed E-state index contributed by atoms with van der Waals surface area (Å²) in [7, 11) is 4.84. The smallest absolute Gasteiger partial charge is 0.254 e. The highest BCUT2D eigenvalue weighted by Gasteiger charge is 2.33. The fraction of sp³-hybridized carbons (Fsp3) is 0.269. The lowest BCUT2D eigenvalue weighted by Crippen LogP contribution is -2.42. The highest BCUT2D eigenvalue weighted by molar-refractivity contribution is 9.10. The molecule has 0 fully saturated rings. The molecule has 172 valence electrons. The van der Waals surface area contributed by atoms with E-state index in [1.165, 1.54) is 0 Å². The Kier molecular flexibility index (Phi) is 7.08. The zero-order valence-electron chi connectivity index (χ0n) is 18.8. The van der Waals surface area contributed by atoms with E-state index < -0.39 is 0 Å². The highest BCUT2D eigenvalue weighted by atomic mass is 79.9. The number of benzene rings is 3. The summed E-state index contributed by atoms with van der Waals surface area (Å²) < 4.78 is 23.6. The van der Waals surface area contributed by atoms with Crippen LogP contribution in [0.4, 0.5) is 0 Å². The van der Waals surface area contributed by atoms with E-state index in [9.17, 15) is 4.79 Å². The average molecular weight is 512 g/mol. The van der Waals surface area contributed by atoms with E-state index in [0.717, 1.165) is 15.6 Å². The third-order valence-electron chi connectivity index (χ3n) is 5.82. The zero-order valence-corrected chi connectivity index (χ0v) is 20.4. The van der Waals surface area contributed by atoms with Crippen LogP contribution in [-0.4, -0.2) is 45.3 Å². The van der Waals surface area contributed by atoms with Crippen molar-refractivity contribution in [3.05, 3.63) is 81.8 Å². The average Bonchev–Trinajstić information content (AvgIpc) is 2.86. The molecule has 1 amide bonds. The predicted molar refractivity (Wildman–Crippen MR) is 130 cm³/mol. The van der Waals surface area contributed by atoms with Crippen molar-refractivity contribution in [1.29, 1.82) is 0 Å². The number of hydrogen-bond donors (Lipinski definition) is 0. The number of nitrogens with zero attached hydrogens (tertiary/aromatic N) is 1. The van der Waals surface area contributed by atoms with Crippen LogP contribution < -0.4 is 18.9 Å². The van der Waals surface area contributed by atoms with Gasteiger partial charge in [0.2, 0.25) is 0 Å². The quantitative estimate of drug-likeness (QED) is 0.431. The molecule has 3 aromatic carbocycles. The molecule has 0 radical (unpaired) electrons. The van der Waals surface area contributed by atoms with E-state index in [1.807, 2.05) is 65.6 Å². The molecule has 0 unspecified atom stereocenters. The number of carbonyl (C=O) groups is 1. The van der Waals surface area contributed by atoms with E-state index in [2.05, 4.69) is 15.9 Å². The maximum Gasteiger partial charge on any atom is 0.254 e. The summed E-state index contributed by atoms with van der Waals surface area (Å²) >= 11 is 3.44. The molecule has 1 aliphatic heterocycles. The highest BCUT2D eigenvalue weighted by Crippen LogP contribution is 2.39. The number of para-hydroxylation sites is 2. The molecule has 6 nitrogen and oxygen atoms in total. The van der Waals surface area contributed by atoms with Crippen molar-refractivity contribution < 1.29 is 23.7 Å². The van der Waals surface area contributed by atoms with Gasteiger partial charge in [-0.3, -0.25) is 4.79 Å². The van der Waals surface area contributed by atoms with Crippen LogP contribution in [0.15, 0.2) is 65.1 Å². The van der Waals surface area contributed by atoms with Gasteiger partial charge in [0.25, 0.3) is 5.91 Å². The van der Waals surface area contributed by atoms with E-state index in [1.54, 1.807) is 21.3 Å². The molecule has 33 heavy (non-hydrogen) atoms. The Labute approximate surface area is 202 Å². The van der Waals surface area contributed by atoms with E-state index in [-0.39, 0.29) is 18.6 Å². The van der Waals surface area contributed by atoms with Gasteiger partial charge in [0.1, 0.15) is 6.61 Å². The number of fused-ring (bicyclic) bond motifs is 1. The first-order valence-corrected chi connectivity index (χ1v) is 11.4. The second-order valence-electron chi connectivity index (χ2n) is 7.64. The van der Waals surface area contributed by atoms with Crippen LogP contribution in [0.5, 0.6) is 23.0 Å². The number of carbonyl (C=O) groups excluding carboxylic acids is 1. The van der Waals surface area contributed by atoms with Gasteiger partial charge in [0.15, 0.2) is 23.0 Å². The molecule has 0 saturated carbocycles. The van der Waals surface area contributed by atoms with Crippen molar-refractivity contribution in [1.82, 2.24) is 4.90 Å². The lowest BCUT2D eigenvalue weighted by molar-refractivity contribution is 0.0587. The summed E-state index contributed by atoms with van der Waals surface area (Å²) in [6.45, 7) is 0.836. The minimum atomic E-state index is -0.311. The van der Waals surface area contributed by atoms with Crippen LogP contribution in [0.25, 0.3) is 0 Å². The maximum atomic E-state index is 13.5. The summed E-state index contributed by atoms with van der Waals surface area (Å²) in [6, 6.07) is 18.5. The van der Waals surface area contributed by atoms with Gasteiger partial charge >= 0.3 is 0 Å².